The van der Waals surface area contributed by atoms with Crippen molar-refractivity contribution in [2.45, 2.75) is 39.2 Å². The minimum atomic E-state index is -0.350. The number of nitrogens with one attached hydrogen (secondary N) is 3. The Morgan fingerprint density at radius 1 is 0.912 bits per heavy atom. The van der Waals surface area contributed by atoms with E-state index in [4.69, 9.17) is 0 Å². The number of anilines is 3. The lowest BCUT2D eigenvalue weighted by Gasteiger charge is -2.30. The second-order valence-electron chi connectivity index (χ2n) is 8.45. The monoisotopic (exact) mass is 457 g/mol. The summed E-state index contributed by atoms with van der Waals surface area (Å²) in [6.45, 7) is 4.32. The van der Waals surface area contributed by atoms with Crippen molar-refractivity contribution in [3.8, 4) is 0 Å². The summed E-state index contributed by atoms with van der Waals surface area (Å²) in [6.07, 6.45) is 7.81. The number of rotatable bonds is 7. The molecule has 0 atom stereocenters. The third kappa shape index (κ3) is 6.13. The minimum Gasteiger partial charge on any atom is -0.371 e. The quantitative estimate of drug-likeness (QED) is 0.455. The molecule has 1 saturated heterocycles. The van der Waals surface area contributed by atoms with Gasteiger partial charge in [-0.25, -0.2) is 4.79 Å². The van der Waals surface area contributed by atoms with Crippen molar-refractivity contribution < 1.29 is 9.59 Å². The molecule has 0 unspecified atom stereocenters. The number of aromatic nitrogens is 1. The highest BCUT2D eigenvalue weighted by molar-refractivity contribution is 6.04. The Hall–Kier alpha value is -3.87. The summed E-state index contributed by atoms with van der Waals surface area (Å²) in [7, 11) is 0. The van der Waals surface area contributed by atoms with Gasteiger partial charge in [-0.05, 0) is 73.2 Å². The number of hydrogen-bond donors (Lipinski definition) is 3. The first-order valence-corrected chi connectivity index (χ1v) is 11.9. The van der Waals surface area contributed by atoms with Crippen LogP contribution in [0.5, 0.6) is 0 Å². The summed E-state index contributed by atoms with van der Waals surface area (Å²) in [5.74, 6) is -0.177. The van der Waals surface area contributed by atoms with Crippen LogP contribution in [0.4, 0.5) is 21.9 Å². The first-order chi connectivity index (χ1) is 16.6. The van der Waals surface area contributed by atoms with Gasteiger partial charge in [-0.2, -0.15) is 0 Å². The maximum atomic E-state index is 13.2. The largest absolute Gasteiger partial charge is 0.371 e. The third-order valence-corrected chi connectivity index (χ3v) is 5.99. The van der Waals surface area contributed by atoms with Crippen molar-refractivity contribution in [1.82, 2.24) is 10.3 Å². The number of piperidine rings is 1. The van der Waals surface area contributed by atoms with Gasteiger partial charge in [0.2, 0.25) is 0 Å². The van der Waals surface area contributed by atoms with E-state index in [-0.39, 0.29) is 11.9 Å². The molecule has 3 aromatic rings. The Balaban J connectivity index is 1.49. The van der Waals surface area contributed by atoms with Crippen LogP contribution in [0.3, 0.4) is 0 Å². The van der Waals surface area contributed by atoms with E-state index >= 15 is 0 Å². The van der Waals surface area contributed by atoms with Gasteiger partial charge in [0.25, 0.3) is 5.91 Å². The van der Waals surface area contributed by atoms with Crippen molar-refractivity contribution in [3.05, 3.63) is 83.7 Å². The molecule has 0 aliphatic carbocycles. The molecule has 176 valence electrons. The molecule has 0 radical (unpaired) electrons. The number of benzene rings is 2. The lowest BCUT2D eigenvalue weighted by molar-refractivity contribution is 0.0951. The van der Waals surface area contributed by atoms with Crippen LogP contribution in [0.25, 0.3) is 0 Å². The van der Waals surface area contributed by atoms with Gasteiger partial charge in [-0.3, -0.25) is 9.78 Å². The van der Waals surface area contributed by atoms with Gasteiger partial charge >= 0.3 is 6.03 Å². The van der Waals surface area contributed by atoms with Crippen molar-refractivity contribution in [1.29, 1.82) is 0 Å². The van der Waals surface area contributed by atoms with E-state index in [0.717, 1.165) is 43.6 Å². The normalized spacial score (nSPS) is 13.3. The zero-order valence-electron chi connectivity index (χ0n) is 19.5. The number of amides is 3. The van der Waals surface area contributed by atoms with Gasteiger partial charge in [0, 0.05) is 49.1 Å². The molecular weight excluding hydrogens is 426 g/mol. The first kappa shape index (κ1) is 23.3. The third-order valence-electron chi connectivity index (χ3n) is 5.99. The predicted octanol–water partition coefficient (Wildman–Crippen LogP) is 5.21. The lowest BCUT2D eigenvalue weighted by Crippen LogP contribution is -2.33. The number of hydrogen-bond acceptors (Lipinski definition) is 4. The average Bonchev–Trinajstić information content (AvgIpc) is 2.89. The van der Waals surface area contributed by atoms with E-state index in [1.54, 1.807) is 18.5 Å². The Labute approximate surface area is 200 Å². The molecule has 7 nitrogen and oxygen atoms in total. The number of nitrogens with zero attached hydrogens (tertiary/aromatic N) is 2. The van der Waals surface area contributed by atoms with E-state index in [1.807, 2.05) is 48.5 Å². The Kier molecular flexibility index (Phi) is 7.75. The maximum absolute atomic E-state index is 13.2. The molecule has 3 amide bonds. The summed E-state index contributed by atoms with van der Waals surface area (Å²) in [6, 6.07) is 16.7. The zero-order valence-corrected chi connectivity index (χ0v) is 19.5. The Morgan fingerprint density at radius 3 is 2.35 bits per heavy atom. The second-order valence-corrected chi connectivity index (χ2v) is 8.45. The lowest BCUT2D eigenvalue weighted by atomic mass is 10.1. The van der Waals surface area contributed by atoms with Crippen molar-refractivity contribution in [2.75, 3.05) is 28.6 Å². The smallest absolute Gasteiger partial charge is 0.323 e. The van der Waals surface area contributed by atoms with E-state index < -0.39 is 0 Å². The van der Waals surface area contributed by atoms with Crippen LogP contribution in [0.1, 0.15) is 47.7 Å². The highest BCUT2D eigenvalue weighted by Crippen LogP contribution is 2.27. The molecule has 4 rings (SSSR count). The molecule has 1 fully saturated rings. The molecule has 3 N–H and O–H groups in total. The Bertz CT molecular complexity index is 1110. The number of carbonyl (C=O) groups excluding carboxylic acids is 2. The standard InChI is InChI=1S/C27H31N5O2/c1-2-20-8-10-22(11-9-20)30-27(34)31-23-12-13-25(32-15-4-3-5-16-32)24(17-23)26(33)29-19-21-7-6-14-28-18-21/h6-14,17-18H,2-5,15-16,19H2,1H3,(H,29,33)(H2,30,31,34). The van der Waals surface area contributed by atoms with Crippen LogP contribution in [0.15, 0.2) is 67.0 Å². The van der Waals surface area contributed by atoms with Crippen molar-refractivity contribution >= 4 is 29.0 Å². The van der Waals surface area contributed by atoms with Crippen LogP contribution in [0.2, 0.25) is 0 Å². The van der Waals surface area contributed by atoms with Crippen LogP contribution in [-0.2, 0) is 13.0 Å². The summed E-state index contributed by atoms with van der Waals surface area (Å²) >= 11 is 0. The SMILES string of the molecule is CCc1ccc(NC(=O)Nc2ccc(N3CCCCC3)c(C(=O)NCc3cccnc3)c2)cc1. The highest BCUT2D eigenvalue weighted by Gasteiger charge is 2.20. The fourth-order valence-corrected chi connectivity index (χ4v) is 4.10. The summed E-state index contributed by atoms with van der Waals surface area (Å²) < 4.78 is 0. The number of aryl methyl sites for hydroxylation is 1. The summed E-state index contributed by atoms with van der Waals surface area (Å²) in [5.41, 5.74) is 4.86. The van der Waals surface area contributed by atoms with Crippen LogP contribution in [0, 0.1) is 0 Å². The molecule has 0 bridgehead atoms. The number of urea groups is 1. The number of carbonyl (C=O) groups is 2. The molecule has 1 aliphatic heterocycles. The molecule has 1 aromatic heterocycles. The van der Waals surface area contributed by atoms with Crippen molar-refractivity contribution in [3.63, 3.8) is 0 Å². The van der Waals surface area contributed by atoms with Crippen LogP contribution < -0.4 is 20.9 Å². The van der Waals surface area contributed by atoms with Crippen LogP contribution >= 0.6 is 0 Å². The molecule has 0 spiro atoms. The molecule has 1 aliphatic rings. The average molecular weight is 458 g/mol. The Morgan fingerprint density at radius 2 is 1.65 bits per heavy atom. The second kappa shape index (κ2) is 11.3. The zero-order chi connectivity index (χ0) is 23.8. The molecule has 0 saturated carbocycles. The van der Waals surface area contributed by atoms with E-state index in [1.165, 1.54) is 12.0 Å². The molecule has 2 aromatic carbocycles. The van der Waals surface area contributed by atoms with Gasteiger partial charge < -0.3 is 20.9 Å². The van der Waals surface area contributed by atoms with Gasteiger partial charge in [0.1, 0.15) is 0 Å². The highest BCUT2D eigenvalue weighted by atomic mass is 16.2. The van der Waals surface area contributed by atoms with E-state index in [2.05, 4.69) is 32.8 Å². The topological polar surface area (TPSA) is 86.4 Å². The molecular formula is C27H31N5O2. The summed E-state index contributed by atoms with van der Waals surface area (Å²) in [4.78, 5) is 32.1. The number of pyridine rings is 1. The van der Waals surface area contributed by atoms with E-state index in [9.17, 15) is 9.59 Å². The summed E-state index contributed by atoms with van der Waals surface area (Å²) in [5, 5.41) is 8.70. The van der Waals surface area contributed by atoms with Crippen molar-refractivity contribution in [2.24, 2.45) is 0 Å². The van der Waals surface area contributed by atoms with Gasteiger partial charge in [-0.15, -0.1) is 0 Å². The van der Waals surface area contributed by atoms with Gasteiger partial charge in [0.15, 0.2) is 0 Å². The molecule has 2 heterocycles. The minimum absolute atomic E-state index is 0.177. The van der Waals surface area contributed by atoms with E-state index in [0.29, 0.717) is 23.5 Å². The molecule has 34 heavy (non-hydrogen) atoms. The van der Waals surface area contributed by atoms with Crippen LogP contribution in [-0.4, -0.2) is 30.0 Å². The fourth-order valence-electron chi connectivity index (χ4n) is 4.10. The molecule has 7 heteroatoms. The van der Waals surface area contributed by atoms with Gasteiger partial charge in [-0.1, -0.05) is 25.1 Å². The first-order valence-electron chi connectivity index (χ1n) is 11.9. The maximum Gasteiger partial charge on any atom is 0.323 e. The predicted molar refractivity (Wildman–Crippen MR) is 136 cm³/mol. The van der Waals surface area contributed by atoms with Gasteiger partial charge in [0.05, 0.1) is 5.56 Å². The fraction of sp³-hybridized carbons (Fsp3) is 0.296.